The number of aliphatic carboxylic acids is 1. The topological polar surface area (TPSA) is 107 Å². The molecule has 2 aliphatic rings. The van der Waals surface area contributed by atoms with Crippen molar-refractivity contribution in [3.63, 3.8) is 0 Å². The summed E-state index contributed by atoms with van der Waals surface area (Å²) in [6.45, 7) is 0. The Hall–Kier alpha value is -2.01. The van der Waals surface area contributed by atoms with Crippen LogP contribution in [0.2, 0.25) is 0 Å². The van der Waals surface area contributed by atoms with E-state index in [0.717, 1.165) is 23.9 Å². The number of sulfone groups is 1. The van der Waals surface area contributed by atoms with Gasteiger partial charge in [-0.15, -0.1) is 0 Å². The Kier molecular flexibility index (Phi) is 5.02. The van der Waals surface area contributed by atoms with Crippen LogP contribution in [0.5, 0.6) is 0 Å². The summed E-state index contributed by atoms with van der Waals surface area (Å²) in [5, 5.41) is 10.1. The van der Waals surface area contributed by atoms with Crippen molar-refractivity contribution >= 4 is 44.3 Å². The number of rotatable bonds is 4. The lowest BCUT2D eigenvalue weighted by atomic mass is 10.2. The van der Waals surface area contributed by atoms with Crippen LogP contribution in [-0.4, -0.2) is 48.3 Å². The molecule has 0 saturated carbocycles. The molecule has 7 nitrogen and oxygen atoms in total. The molecule has 0 aromatic heterocycles. The molecule has 0 bridgehead atoms. The molecule has 3 rings (SSSR count). The first kappa shape index (κ1) is 18.8. The van der Waals surface area contributed by atoms with Crippen LogP contribution < -0.4 is 10.0 Å². The maximum atomic E-state index is 14.3. The number of thioether (sulfide) groups is 1. The molecule has 2 saturated heterocycles. The van der Waals surface area contributed by atoms with Crippen LogP contribution in [0, 0.1) is 11.6 Å². The zero-order chi connectivity index (χ0) is 19.1. The van der Waals surface area contributed by atoms with E-state index in [4.69, 9.17) is 0 Å². The predicted molar refractivity (Wildman–Crippen MR) is 89.3 cm³/mol. The van der Waals surface area contributed by atoms with Gasteiger partial charge in [0, 0.05) is 23.7 Å². The maximum Gasteiger partial charge on any atom is 0.248 e. The van der Waals surface area contributed by atoms with Gasteiger partial charge in [-0.05, 0) is 18.6 Å². The van der Waals surface area contributed by atoms with Gasteiger partial charge in [-0.2, -0.15) is 4.99 Å². The highest BCUT2D eigenvalue weighted by Gasteiger charge is 2.50. The standard InChI is InChI=1S/C15H14F2N2O5S2/c16-8-1-2-10(9(17)5-8)19-11-6-26(23,24)7-12(11)25-15(19)18-13(20)3-4-14(21)22/h1-2,5,11-12H,3-4,6-7H2,(H,21,22)/p-1/t11-,12+/m0/s1. The molecule has 140 valence electrons. The van der Waals surface area contributed by atoms with Gasteiger partial charge in [0.25, 0.3) is 0 Å². The fourth-order valence-corrected chi connectivity index (χ4v) is 6.82. The van der Waals surface area contributed by atoms with Crippen LogP contribution in [0.3, 0.4) is 0 Å². The number of halogens is 2. The van der Waals surface area contributed by atoms with E-state index < -0.39 is 51.1 Å². The van der Waals surface area contributed by atoms with E-state index in [2.05, 4.69) is 4.99 Å². The number of benzene rings is 1. The minimum Gasteiger partial charge on any atom is -0.550 e. The molecule has 0 aliphatic carbocycles. The van der Waals surface area contributed by atoms with E-state index >= 15 is 0 Å². The Bertz CT molecular complexity index is 903. The molecule has 2 heterocycles. The van der Waals surface area contributed by atoms with Gasteiger partial charge in [0.2, 0.25) is 5.91 Å². The van der Waals surface area contributed by atoms with Gasteiger partial charge in [0.15, 0.2) is 15.0 Å². The molecule has 26 heavy (non-hydrogen) atoms. The zero-order valence-corrected chi connectivity index (χ0v) is 14.9. The number of hydrogen-bond donors (Lipinski definition) is 0. The summed E-state index contributed by atoms with van der Waals surface area (Å²) in [7, 11) is -3.33. The largest absolute Gasteiger partial charge is 0.550 e. The predicted octanol–water partition coefficient (Wildman–Crippen LogP) is 0.0963. The molecule has 2 fully saturated rings. The van der Waals surface area contributed by atoms with Crippen LogP contribution in [0.4, 0.5) is 14.5 Å². The Labute approximate surface area is 152 Å². The van der Waals surface area contributed by atoms with E-state index in [1.807, 2.05) is 0 Å². The van der Waals surface area contributed by atoms with Crippen molar-refractivity contribution in [3.05, 3.63) is 29.8 Å². The van der Waals surface area contributed by atoms with Gasteiger partial charge < -0.3 is 14.8 Å². The number of amides is 1. The smallest absolute Gasteiger partial charge is 0.248 e. The lowest BCUT2D eigenvalue weighted by Crippen LogP contribution is -2.38. The minimum atomic E-state index is -3.33. The van der Waals surface area contributed by atoms with E-state index in [1.165, 1.54) is 4.90 Å². The summed E-state index contributed by atoms with van der Waals surface area (Å²) in [6.07, 6.45) is -0.897. The highest BCUT2D eigenvalue weighted by Crippen LogP contribution is 2.41. The van der Waals surface area contributed by atoms with Crippen LogP contribution in [0.1, 0.15) is 12.8 Å². The summed E-state index contributed by atoms with van der Waals surface area (Å²) >= 11 is 1.01. The van der Waals surface area contributed by atoms with Crippen LogP contribution >= 0.6 is 11.8 Å². The average molecular weight is 403 g/mol. The van der Waals surface area contributed by atoms with Gasteiger partial charge >= 0.3 is 0 Å². The number of anilines is 1. The molecule has 1 aromatic carbocycles. The Morgan fingerprint density at radius 2 is 2.00 bits per heavy atom. The SMILES string of the molecule is O=C([O-])CCC(=O)N=C1S[C@@H]2CS(=O)(=O)C[C@@H]2N1c1ccc(F)cc1F. The Morgan fingerprint density at radius 3 is 2.65 bits per heavy atom. The summed E-state index contributed by atoms with van der Waals surface area (Å²) in [5.74, 6) is -4.24. The number of carbonyl (C=O) groups excluding carboxylic acids is 2. The third kappa shape index (κ3) is 3.88. The molecule has 0 N–H and O–H groups in total. The second kappa shape index (κ2) is 6.95. The van der Waals surface area contributed by atoms with E-state index in [0.29, 0.717) is 6.07 Å². The zero-order valence-electron chi connectivity index (χ0n) is 13.2. The number of amidine groups is 1. The average Bonchev–Trinajstić information content (AvgIpc) is 2.97. The molecule has 2 aliphatic heterocycles. The van der Waals surface area contributed by atoms with Gasteiger partial charge in [0.05, 0.1) is 23.2 Å². The number of aliphatic imine (C=N–C) groups is 1. The lowest BCUT2D eigenvalue weighted by Gasteiger charge is -2.24. The summed E-state index contributed by atoms with van der Waals surface area (Å²) < 4.78 is 51.2. The monoisotopic (exact) mass is 403 g/mol. The van der Waals surface area contributed by atoms with Crippen LogP contribution in [-0.2, 0) is 19.4 Å². The molecular formula is C15H13F2N2O5S2-. The number of fused-ring (bicyclic) bond motifs is 1. The molecule has 2 atom stereocenters. The number of nitrogens with zero attached hydrogens (tertiary/aromatic N) is 2. The molecule has 0 radical (unpaired) electrons. The maximum absolute atomic E-state index is 14.3. The molecule has 1 amide bonds. The quantitative estimate of drug-likeness (QED) is 0.702. The van der Waals surface area contributed by atoms with Crippen molar-refractivity contribution < 1.29 is 31.9 Å². The van der Waals surface area contributed by atoms with Crippen molar-refractivity contribution in [1.82, 2.24) is 0 Å². The van der Waals surface area contributed by atoms with Crippen LogP contribution in [0.15, 0.2) is 23.2 Å². The van der Waals surface area contributed by atoms with E-state index in [1.54, 1.807) is 0 Å². The molecule has 0 unspecified atom stereocenters. The number of carbonyl (C=O) groups is 2. The number of carboxylic acids is 1. The normalized spacial score (nSPS) is 25.5. The first-order valence-corrected chi connectivity index (χ1v) is 10.3. The summed E-state index contributed by atoms with van der Waals surface area (Å²) in [6, 6.07) is 2.19. The number of carboxylic acid groups (broad SMARTS) is 1. The van der Waals surface area contributed by atoms with Crippen molar-refractivity contribution in [3.8, 4) is 0 Å². The summed E-state index contributed by atoms with van der Waals surface area (Å²) in [4.78, 5) is 27.4. The second-order valence-corrected chi connectivity index (χ2v) is 9.29. The lowest BCUT2D eigenvalue weighted by molar-refractivity contribution is -0.305. The first-order valence-electron chi connectivity index (χ1n) is 7.59. The Balaban J connectivity index is 1.96. The number of hydrogen-bond acceptors (Lipinski definition) is 6. The van der Waals surface area contributed by atoms with E-state index in [-0.39, 0.29) is 28.8 Å². The van der Waals surface area contributed by atoms with Crippen molar-refractivity contribution in [2.75, 3.05) is 16.4 Å². The summed E-state index contributed by atoms with van der Waals surface area (Å²) in [5.41, 5.74) is -0.0880. The fraction of sp³-hybridized carbons (Fsp3) is 0.400. The van der Waals surface area contributed by atoms with Gasteiger partial charge in [0.1, 0.15) is 11.6 Å². The van der Waals surface area contributed by atoms with Gasteiger partial charge in [-0.25, -0.2) is 17.2 Å². The van der Waals surface area contributed by atoms with Crippen molar-refractivity contribution in [2.24, 2.45) is 4.99 Å². The van der Waals surface area contributed by atoms with Crippen molar-refractivity contribution in [2.45, 2.75) is 24.1 Å². The first-order chi connectivity index (χ1) is 12.2. The van der Waals surface area contributed by atoms with Gasteiger partial charge in [-0.1, -0.05) is 11.8 Å². The molecule has 0 spiro atoms. The molecular weight excluding hydrogens is 390 g/mol. The third-order valence-electron chi connectivity index (χ3n) is 4.00. The Morgan fingerprint density at radius 1 is 1.27 bits per heavy atom. The second-order valence-electron chi connectivity index (χ2n) is 5.93. The fourth-order valence-electron chi connectivity index (χ4n) is 2.89. The molecule has 1 aromatic rings. The van der Waals surface area contributed by atoms with Crippen molar-refractivity contribution in [1.29, 1.82) is 0 Å². The minimum absolute atomic E-state index is 0.0729. The highest BCUT2D eigenvalue weighted by atomic mass is 32.2. The highest BCUT2D eigenvalue weighted by molar-refractivity contribution is 8.16. The van der Waals surface area contributed by atoms with E-state index in [9.17, 15) is 31.9 Å². The van der Waals surface area contributed by atoms with Crippen LogP contribution in [0.25, 0.3) is 0 Å². The van der Waals surface area contributed by atoms with Gasteiger partial charge in [-0.3, -0.25) is 4.79 Å². The third-order valence-corrected chi connectivity index (χ3v) is 7.21. The molecule has 11 heteroatoms.